The summed E-state index contributed by atoms with van der Waals surface area (Å²) < 4.78 is 36.8. The normalized spacial score (nSPS) is 17.8. The van der Waals surface area contributed by atoms with Crippen molar-refractivity contribution in [1.82, 2.24) is 0 Å². The molecule has 0 bridgehead atoms. The third kappa shape index (κ3) is 9.51. The van der Waals surface area contributed by atoms with Gasteiger partial charge in [0, 0.05) is 0 Å². The topological polar surface area (TPSA) is 46.2 Å². The summed E-state index contributed by atoms with van der Waals surface area (Å²) in [6.07, 6.45) is 0. The molecule has 4 unspecified atom stereocenters. The predicted molar refractivity (Wildman–Crippen MR) is 203 cm³/mol. The fourth-order valence-corrected chi connectivity index (χ4v) is 33.2. The summed E-state index contributed by atoms with van der Waals surface area (Å²) in [5.41, 5.74) is 0. The summed E-state index contributed by atoms with van der Waals surface area (Å²) >= 11 is 0. The van der Waals surface area contributed by atoms with Crippen LogP contribution in [0.4, 0.5) is 0 Å². The quantitative estimate of drug-likeness (QED) is 0.137. The van der Waals surface area contributed by atoms with Gasteiger partial charge in [-0.25, -0.2) is 0 Å². The molecule has 0 aliphatic carbocycles. The molecule has 4 aromatic rings. The van der Waals surface area contributed by atoms with Crippen LogP contribution in [0.3, 0.4) is 0 Å². The molecule has 11 heteroatoms. The van der Waals surface area contributed by atoms with Gasteiger partial charge in [0.25, 0.3) is 0 Å². The summed E-state index contributed by atoms with van der Waals surface area (Å²) in [5, 5.41) is 4.29. The van der Waals surface area contributed by atoms with E-state index in [9.17, 15) is 0 Å². The minimum Gasteiger partial charge on any atom is -0.433 e. The van der Waals surface area contributed by atoms with Crippen LogP contribution >= 0.6 is 0 Å². The Bertz CT molecular complexity index is 1390. The van der Waals surface area contributed by atoms with Crippen molar-refractivity contribution in [3.63, 3.8) is 0 Å². The molecule has 0 heterocycles. The highest BCUT2D eigenvalue weighted by Crippen LogP contribution is 2.28. The second-order valence-corrected chi connectivity index (χ2v) is 36.4. The molecule has 240 valence electrons. The van der Waals surface area contributed by atoms with E-state index in [0.29, 0.717) is 0 Å². The van der Waals surface area contributed by atoms with Crippen molar-refractivity contribution in [3.05, 3.63) is 121 Å². The first-order chi connectivity index (χ1) is 21.0. The minimum absolute atomic E-state index is 1.05. The lowest BCUT2D eigenvalue weighted by Crippen LogP contribution is -2.72. The highest BCUT2D eigenvalue weighted by molar-refractivity contribution is 7.02. The van der Waals surface area contributed by atoms with Gasteiger partial charge in [0.2, 0.25) is 0 Å². The van der Waals surface area contributed by atoms with Crippen molar-refractivity contribution in [2.45, 2.75) is 65.5 Å². The standard InChI is InChI=1S/C34H50O5Si6/c1-40(2,3)35-42(7,31-23-15-11-16-24-31)37-44(9,33-27-19-13-20-28-33)39-45(10,34-29-21-14-22-30-34)38-43(8,36-41(4,5)6)32-25-17-12-18-26-32/h11-30H,1-10H3. The number of hydrogen-bond donors (Lipinski definition) is 0. The van der Waals surface area contributed by atoms with Crippen LogP contribution in [0.25, 0.3) is 0 Å². The molecule has 0 saturated heterocycles. The Kier molecular flexibility index (Phi) is 11.1. The van der Waals surface area contributed by atoms with E-state index in [4.69, 9.17) is 20.6 Å². The monoisotopic (exact) mass is 706 g/mol. The zero-order valence-electron chi connectivity index (χ0n) is 28.6. The van der Waals surface area contributed by atoms with Crippen LogP contribution in [0.1, 0.15) is 0 Å². The largest absolute Gasteiger partial charge is 0.433 e. The minimum atomic E-state index is -3.25. The van der Waals surface area contributed by atoms with E-state index < -0.39 is 50.9 Å². The van der Waals surface area contributed by atoms with E-state index in [1.165, 1.54) is 0 Å². The van der Waals surface area contributed by atoms with Crippen molar-refractivity contribution in [1.29, 1.82) is 0 Å². The zero-order chi connectivity index (χ0) is 33.0. The Morgan fingerprint density at radius 3 is 0.622 bits per heavy atom. The Morgan fingerprint density at radius 1 is 0.267 bits per heavy atom. The molecule has 0 fully saturated rings. The summed E-state index contributed by atoms with van der Waals surface area (Å²) in [5.74, 6) is 0. The maximum absolute atomic E-state index is 7.63. The number of hydrogen-bond acceptors (Lipinski definition) is 5. The molecule has 0 N–H and O–H groups in total. The second kappa shape index (κ2) is 14.0. The SMILES string of the molecule is C[Si](C)(C)O[Si](C)(O[Si](C)(O[Si](C)(O[Si](C)(O[Si](C)(C)C)c1ccccc1)c1ccccc1)c1ccccc1)c1ccccc1. The van der Waals surface area contributed by atoms with Gasteiger partial charge in [-0.1, -0.05) is 121 Å². The third-order valence-corrected chi connectivity index (χ3v) is 30.3. The first-order valence-electron chi connectivity index (χ1n) is 15.7. The second-order valence-electron chi connectivity index (χ2n) is 14.0. The van der Waals surface area contributed by atoms with E-state index in [1.807, 2.05) is 24.3 Å². The first-order valence-corrected chi connectivity index (χ1v) is 31.8. The number of rotatable bonds is 14. The molecular weight excluding hydrogens is 657 g/mol. The molecule has 45 heavy (non-hydrogen) atoms. The molecular formula is C34H50O5Si6. The molecule has 5 nitrogen and oxygen atoms in total. The fourth-order valence-electron chi connectivity index (χ4n) is 5.80. The summed E-state index contributed by atoms with van der Waals surface area (Å²) in [6.45, 7) is 22.0. The van der Waals surface area contributed by atoms with E-state index in [-0.39, 0.29) is 0 Å². The predicted octanol–water partition coefficient (Wildman–Crippen LogP) is 6.66. The van der Waals surface area contributed by atoms with Gasteiger partial charge in [-0.2, -0.15) is 0 Å². The van der Waals surface area contributed by atoms with Crippen molar-refractivity contribution >= 4 is 71.6 Å². The van der Waals surface area contributed by atoms with Gasteiger partial charge in [-0.15, -0.1) is 0 Å². The average Bonchev–Trinajstić information content (AvgIpc) is 2.97. The third-order valence-electron chi connectivity index (χ3n) is 7.36. The average molecular weight is 707 g/mol. The Morgan fingerprint density at radius 2 is 0.444 bits per heavy atom. The van der Waals surface area contributed by atoms with E-state index >= 15 is 0 Å². The summed E-state index contributed by atoms with van der Waals surface area (Å²) in [7, 11) is -16.5. The van der Waals surface area contributed by atoms with Crippen LogP contribution in [0.15, 0.2) is 121 Å². The Labute approximate surface area is 277 Å². The first kappa shape index (κ1) is 35.8. The Hall–Kier alpha value is -2.02. The van der Waals surface area contributed by atoms with Crippen LogP contribution in [0, 0.1) is 0 Å². The molecule has 0 aliphatic rings. The fraction of sp³-hybridized carbons (Fsp3) is 0.294. The van der Waals surface area contributed by atoms with Crippen molar-refractivity contribution in [2.24, 2.45) is 0 Å². The van der Waals surface area contributed by atoms with Gasteiger partial charge < -0.3 is 20.6 Å². The lowest BCUT2D eigenvalue weighted by atomic mass is 10.4. The van der Waals surface area contributed by atoms with Crippen LogP contribution in [-0.2, 0) is 20.6 Å². The van der Waals surface area contributed by atoms with Crippen LogP contribution < -0.4 is 20.7 Å². The molecule has 0 aliphatic heterocycles. The van der Waals surface area contributed by atoms with Gasteiger partial charge in [0.05, 0.1) is 0 Å². The lowest BCUT2D eigenvalue weighted by molar-refractivity contribution is 0.296. The molecule has 0 spiro atoms. The zero-order valence-corrected chi connectivity index (χ0v) is 34.6. The van der Waals surface area contributed by atoms with Gasteiger partial charge in [0.1, 0.15) is 0 Å². The Balaban J connectivity index is 1.90. The van der Waals surface area contributed by atoms with Gasteiger partial charge in [0.15, 0.2) is 16.6 Å². The van der Waals surface area contributed by atoms with Gasteiger partial charge >= 0.3 is 34.2 Å². The summed E-state index contributed by atoms with van der Waals surface area (Å²) in [6, 6.07) is 41.7. The van der Waals surface area contributed by atoms with Crippen LogP contribution in [0.5, 0.6) is 0 Å². The molecule has 0 saturated carbocycles. The smallest absolute Gasteiger partial charge is 0.352 e. The highest BCUT2D eigenvalue weighted by Gasteiger charge is 2.55. The van der Waals surface area contributed by atoms with Crippen LogP contribution in [-0.4, -0.2) is 50.9 Å². The van der Waals surface area contributed by atoms with Crippen molar-refractivity contribution < 1.29 is 20.6 Å². The molecule has 4 rings (SSSR count). The highest BCUT2D eigenvalue weighted by atomic mass is 28.5. The molecule has 0 amide bonds. The van der Waals surface area contributed by atoms with Crippen molar-refractivity contribution in [3.8, 4) is 0 Å². The van der Waals surface area contributed by atoms with Crippen LogP contribution in [0.2, 0.25) is 65.5 Å². The molecule has 4 atom stereocenters. The molecule has 4 aromatic carbocycles. The van der Waals surface area contributed by atoms with Crippen molar-refractivity contribution in [2.75, 3.05) is 0 Å². The van der Waals surface area contributed by atoms with E-state index in [0.717, 1.165) is 20.7 Å². The summed E-state index contributed by atoms with van der Waals surface area (Å²) in [4.78, 5) is 0. The van der Waals surface area contributed by atoms with E-state index in [1.54, 1.807) is 0 Å². The molecule has 0 aromatic heterocycles. The lowest BCUT2D eigenvalue weighted by Gasteiger charge is -2.46. The molecule has 0 radical (unpaired) electrons. The van der Waals surface area contributed by atoms with Gasteiger partial charge in [-0.3, -0.25) is 0 Å². The van der Waals surface area contributed by atoms with E-state index in [2.05, 4.69) is 163 Å². The maximum atomic E-state index is 7.63. The maximum Gasteiger partial charge on any atom is 0.352 e. The van der Waals surface area contributed by atoms with Gasteiger partial charge in [-0.05, 0) is 86.2 Å². The number of benzene rings is 4.